The first-order valence-electron chi connectivity index (χ1n) is 6.91. The van der Waals surface area contributed by atoms with Crippen molar-refractivity contribution in [1.82, 2.24) is 0 Å². The second-order valence-electron chi connectivity index (χ2n) is 5.12. The van der Waals surface area contributed by atoms with E-state index in [1.165, 1.54) is 6.42 Å². The van der Waals surface area contributed by atoms with Gasteiger partial charge in [0.25, 0.3) is 0 Å². The summed E-state index contributed by atoms with van der Waals surface area (Å²) in [6.45, 7) is 2.47. The van der Waals surface area contributed by atoms with Crippen LogP contribution in [0.15, 0.2) is 35.5 Å². The Labute approximate surface area is 114 Å². The Bertz CT molecular complexity index is 461. The molecule has 2 rings (SSSR count). The van der Waals surface area contributed by atoms with Crippen LogP contribution in [0.25, 0.3) is 0 Å². The Morgan fingerprint density at radius 2 is 2.05 bits per heavy atom. The van der Waals surface area contributed by atoms with Crippen LogP contribution in [0.2, 0.25) is 0 Å². The number of oxime groups is 1. The van der Waals surface area contributed by atoms with Crippen molar-refractivity contribution in [3.8, 4) is 6.07 Å². The zero-order valence-corrected chi connectivity index (χ0v) is 11.4. The summed E-state index contributed by atoms with van der Waals surface area (Å²) < 4.78 is 0. The molecule has 0 aliphatic heterocycles. The molecule has 1 aromatic carbocycles. The molecule has 0 spiro atoms. The summed E-state index contributed by atoms with van der Waals surface area (Å²) >= 11 is 0. The van der Waals surface area contributed by atoms with Crippen LogP contribution in [-0.2, 0) is 11.4 Å². The topological polar surface area (TPSA) is 45.4 Å². The Morgan fingerprint density at radius 3 is 2.79 bits per heavy atom. The minimum absolute atomic E-state index is 0.109. The number of hydrogen-bond acceptors (Lipinski definition) is 3. The van der Waals surface area contributed by atoms with Crippen molar-refractivity contribution in [3.63, 3.8) is 0 Å². The van der Waals surface area contributed by atoms with Gasteiger partial charge in [0.1, 0.15) is 6.61 Å². The molecule has 19 heavy (non-hydrogen) atoms. The summed E-state index contributed by atoms with van der Waals surface area (Å²) in [6, 6.07) is 12.4. The maximum absolute atomic E-state index is 9.17. The van der Waals surface area contributed by atoms with Gasteiger partial charge in [-0.2, -0.15) is 5.26 Å². The Morgan fingerprint density at radius 1 is 1.32 bits per heavy atom. The van der Waals surface area contributed by atoms with Crippen molar-refractivity contribution >= 4 is 5.71 Å². The Balaban J connectivity index is 1.90. The van der Waals surface area contributed by atoms with E-state index in [0.717, 1.165) is 30.5 Å². The maximum Gasteiger partial charge on any atom is 0.142 e. The zero-order chi connectivity index (χ0) is 13.5. The summed E-state index contributed by atoms with van der Waals surface area (Å²) in [7, 11) is 0. The molecule has 0 heterocycles. The van der Waals surface area contributed by atoms with Crippen molar-refractivity contribution in [2.75, 3.05) is 0 Å². The van der Waals surface area contributed by atoms with Crippen molar-refractivity contribution in [1.29, 1.82) is 5.26 Å². The maximum atomic E-state index is 9.17. The first kappa shape index (κ1) is 13.6. The molecular formula is C16H20N2O. The molecule has 0 bridgehead atoms. The van der Waals surface area contributed by atoms with Crippen molar-refractivity contribution < 1.29 is 4.84 Å². The van der Waals surface area contributed by atoms with Gasteiger partial charge in [0.05, 0.1) is 17.7 Å². The van der Waals surface area contributed by atoms with Crippen LogP contribution in [-0.4, -0.2) is 5.71 Å². The fourth-order valence-corrected chi connectivity index (χ4v) is 2.64. The number of rotatable bonds is 4. The standard InChI is InChI=1S/C16H20N2O/c1-13(16-10-6-5-9-15(16)11-17)18-19-12-14-7-3-2-4-8-14/h2-4,7-8,15-16H,5-6,9-10,12H2,1H3/b18-13+. The Kier molecular flexibility index (Phi) is 4.97. The molecule has 0 aromatic heterocycles. The van der Waals surface area contributed by atoms with Gasteiger partial charge in [0.15, 0.2) is 0 Å². The van der Waals surface area contributed by atoms with Crippen LogP contribution < -0.4 is 0 Å². The molecule has 1 aromatic rings. The number of nitriles is 1. The van der Waals surface area contributed by atoms with Gasteiger partial charge in [-0.15, -0.1) is 0 Å². The predicted molar refractivity (Wildman–Crippen MR) is 75.4 cm³/mol. The van der Waals surface area contributed by atoms with Gasteiger partial charge in [-0.05, 0) is 25.3 Å². The summed E-state index contributed by atoms with van der Waals surface area (Å²) in [6.07, 6.45) is 4.40. The third-order valence-corrected chi connectivity index (χ3v) is 3.75. The minimum atomic E-state index is 0.109. The molecular weight excluding hydrogens is 236 g/mol. The van der Waals surface area contributed by atoms with Gasteiger partial charge < -0.3 is 4.84 Å². The second kappa shape index (κ2) is 6.94. The van der Waals surface area contributed by atoms with Gasteiger partial charge in [0.2, 0.25) is 0 Å². The quantitative estimate of drug-likeness (QED) is 0.605. The van der Waals surface area contributed by atoms with Crippen LogP contribution in [0.5, 0.6) is 0 Å². The molecule has 1 saturated carbocycles. The molecule has 0 N–H and O–H groups in total. The molecule has 3 heteroatoms. The highest BCUT2D eigenvalue weighted by atomic mass is 16.6. The van der Waals surface area contributed by atoms with E-state index in [-0.39, 0.29) is 11.8 Å². The molecule has 0 amide bonds. The summed E-state index contributed by atoms with van der Waals surface area (Å²) in [5, 5.41) is 13.4. The number of hydrogen-bond donors (Lipinski definition) is 0. The van der Waals surface area contributed by atoms with Crippen LogP contribution in [0.3, 0.4) is 0 Å². The lowest BCUT2D eigenvalue weighted by Crippen LogP contribution is -2.24. The van der Waals surface area contributed by atoms with Crippen molar-refractivity contribution in [2.24, 2.45) is 17.0 Å². The molecule has 0 saturated heterocycles. The minimum Gasteiger partial charge on any atom is -0.391 e. The highest BCUT2D eigenvalue weighted by Crippen LogP contribution is 2.30. The van der Waals surface area contributed by atoms with Crippen LogP contribution in [0.4, 0.5) is 0 Å². The number of benzene rings is 1. The lowest BCUT2D eigenvalue weighted by molar-refractivity contribution is 0.127. The molecule has 3 nitrogen and oxygen atoms in total. The molecule has 1 fully saturated rings. The van der Waals surface area contributed by atoms with E-state index in [1.54, 1.807) is 0 Å². The van der Waals surface area contributed by atoms with Gasteiger partial charge >= 0.3 is 0 Å². The SMILES string of the molecule is C/C(=N\OCc1ccccc1)C1CCCCC1C#N. The van der Waals surface area contributed by atoms with Gasteiger partial charge in [-0.25, -0.2) is 0 Å². The van der Waals surface area contributed by atoms with Crippen LogP contribution >= 0.6 is 0 Å². The highest BCUT2D eigenvalue weighted by molar-refractivity contribution is 5.84. The predicted octanol–water partition coefficient (Wildman–Crippen LogP) is 3.91. The van der Waals surface area contributed by atoms with E-state index in [4.69, 9.17) is 10.1 Å². The number of nitrogens with zero attached hydrogens (tertiary/aromatic N) is 2. The fourth-order valence-electron chi connectivity index (χ4n) is 2.64. The molecule has 2 unspecified atom stereocenters. The zero-order valence-electron chi connectivity index (χ0n) is 11.4. The average Bonchev–Trinajstić information content (AvgIpc) is 2.48. The third kappa shape index (κ3) is 3.82. The van der Waals surface area contributed by atoms with Gasteiger partial charge in [-0.1, -0.05) is 48.3 Å². The molecule has 2 atom stereocenters. The van der Waals surface area contributed by atoms with E-state index < -0.39 is 0 Å². The first-order valence-corrected chi connectivity index (χ1v) is 6.91. The van der Waals surface area contributed by atoms with E-state index in [2.05, 4.69) is 11.2 Å². The summed E-state index contributed by atoms with van der Waals surface area (Å²) in [5.74, 6) is 0.382. The fraction of sp³-hybridized carbons (Fsp3) is 0.500. The van der Waals surface area contributed by atoms with Crippen molar-refractivity contribution in [3.05, 3.63) is 35.9 Å². The molecule has 1 aliphatic rings. The van der Waals surface area contributed by atoms with Gasteiger partial charge in [0, 0.05) is 5.92 Å². The van der Waals surface area contributed by atoms with E-state index in [1.807, 2.05) is 37.3 Å². The molecule has 1 aliphatic carbocycles. The van der Waals surface area contributed by atoms with E-state index in [0.29, 0.717) is 6.61 Å². The summed E-state index contributed by atoms with van der Waals surface area (Å²) in [4.78, 5) is 5.41. The highest BCUT2D eigenvalue weighted by Gasteiger charge is 2.27. The third-order valence-electron chi connectivity index (χ3n) is 3.75. The van der Waals surface area contributed by atoms with E-state index >= 15 is 0 Å². The second-order valence-corrected chi connectivity index (χ2v) is 5.12. The monoisotopic (exact) mass is 256 g/mol. The van der Waals surface area contributed by atoms with Gasteiger partial charge in [-0.3, -0.25) is 0 Å². The van der Waals surface area contributed by atoms with E-state index in [9.17, 15) is 0 Å². The van der Waals surface area contributed by atoms with Crippen LogP contribution in [0, 0.1) is 23.2 Å². The molecule has 0 radical (unpaired) electrons. The lowest BCUT2D eigenvalue weighted by atomic mass is 9.78. The van der Waals surface area contributed by atoms with Crippen LogP contribution in [0.1, 0.15) is 38.2 Å². The largest absolute Gasteiger partial charge is 0.391 e. The molecule has 100 valence electrons. The lowest BCUT2D eigenvalue weighted by Gasteiger charge is -2.26. The Hall–Kier alpha value is -1.82. The normalized spacial score (nSPS) is 23.7. The average molecular weight is 256 g/mol. The summed E-state index contributed by atoms with van der Waals surface area (Å²) in [5.41, 5.74) is 2.07. The smallest absolute Gasteiger partial charge is 0.142 e. The first-order chi connectivity index (χ1) is 9.31. The van der Waals surface area contributed by atoms with Crippen molar-refractivity contribution in [2.45, 2.75) is 39.2 Å².